The molecule has 6 nitrogen and oxygen atoms in total. The Morgan fingerprint density at radius 1 is 1.27 bits per heavy atom. The summed E-state index contributed by atoms with van der Waals surface area (Å²) < 4.78 is 0. The fraction of sp³-hybridized carbons (Fsp3) is 0.438. The zero-order valence-electron chi connectivity index (χ0n) is 13.0. The number of rotatable bonds is 5. The van der Waals surface area contributed by atoms with Crippen LogP contribution in [0.1, 0.15) is 36.7 Å². The van der Waals surface area contributed by atoms with Gasteiger partial charge in [-0.1, -0.05) is 32.9 Å². The Morgan fingerprint density at radius 2 is 1.86 bits per heavy atom. The van der Waals surface area contributed by atoms with Gasteiger partial charge in [0.05, 0.1) is 19.2 Å². The molecule has 0 heterocycles. The third kappa shape index (κ3) is 5.19. The minimum absolute atomic E-state index is 0.00545. The van der Waals surface area contributed by atoms with Gasteiger partial charge in [0.2, 0.25) is 5.91 Å². The van der Waals surface area contributed by atoms with Gasteiger partial charge in [-0.15, -0.1) is 0 Å². The molecule has 0 fully saturated rings. The van der Waals surface area contributed by atoms with Gasteiger partial charge in [0.1, 0.15) is 6.04 Å². The second kappa shape index (κ2) is 7.57. The van der Waals surface area contributed by atoms with Crippen molar-refractivity contribution in [3.8, 4) is 6.07 Å². The van der Waals surface area contributed by atoms with Crippen LogP contribution in [0.5, 0.6) is 0 Å². The molecule has 0 aliphatic rings. The van der Waals surface area contributed by atoms with Gasteiger partial charge in [0.25, 0.3) is 5.91 Å². The molecule has 0 radical (unpaired) electrons. The highest BCUT2D eigenvalue weighted by Crippen LogP contribution is 2.22. The normalized spacial score (nSPS) is 12.1. The molecule has 0 spiro atoms. The highest BCUT2D eigenvalue weighted by molar-refractivity contribution is 5.96. The smallest absolute Gasteiger partial charge is 0.251 e. The van der Waals surface area contributed by atoms with Crippen LogP contribution in [0.4, 0.5) is 0 Å². The van der Waals surface area contributed by atoms with E-state index in [1.165, 1.54) is 0 Å². The van der Waals surface area contributed by atoms with Gasteiger partial charge < -0.3 is 15.7 Å². The SMILES string of the molecule is CC(C)(C)c1ccc(C(=O)NCC(=O)NC(C#N)CO)cc1. The molecule has 0 saturated carbocycles. The zero-order chi connectivity index (χ0) is 16.8. The minimum atomic E-state index is -0.963. The van der Waals surface area contributed by atoms with Gasteiger partial charge in [-0.05, 0) is 23.1 Å². The number of carbonyl (C=O) groups excluding carboxylic acids is 2. The van der Waals surface area contributed by atoms with Crippen LogP contribution in [0.2, 0.25) is 0 Å². The Labute approximate surface area is 130 Å². The summed E-state index contributed by atoms with van der Waals surface area (Å²) in [6.45, 7) is 5.53. The van der Waals surface area contributed by atoms with E-state index in [2.05, 4.69) is 31.4 Å². The quantitative estimate of drug-likeness (QED) is 0.745. The van der Waals surface area contributed by atoms with E-state index in [0.29, 0.717) is 5.56 Å². The van der Waals surface area contributed by atoms with E-state index >= 15 is 0 Å². The van der Waals surface area contributed by atoms with Crippen molar-refractivity contribution >= 4 is 11.8 Å². The maximum absolute atomic E-state index is 11.9. The van der Waals surface area contributed by atoms with E-state index < -0.39 is 18.6 Å². The number of benzene rings is 1. The van der Waals surface area contributed by atoms with E-state index in [-0.39, 0.29) is 17.9 Å². The van der Waals surface area contributed by atoms with Gasteiger partial charge in [0.15, 0.2) is 0 Å². The molecule has 0 bridgehead atoms. The second-order valence-electron chi connectivity index (χ2n) is 5.94. The third-order valence-corrected chi connectivity index (χ3v) is 3.10. The van der Waals surface area contributed by atoms with Crippen LogP contribution < -0.4 is 10.6 Å². The maximum atomic E-state index is 11.9. The van der Waals surface area contributed by atoms with E-state index in [4.69, 9.17) is 10.4 Å². The molecule has 0 saturated heterocycles. The molecule has 0 aliphatic heterocycles. The molecule has 118 valence electrons. The topological polar surface area (TPSA) is 102 Å². The molecule has 3 N–H and O–H groups in total. The molecular formula is C16H21N3O3. The first kappa shape index (κ1) is 17.7. The van der Waals surface area contributed by atoms with Gasteiger partial charge >= 0.3 is 0 Å². The molecule has 1 rings (SSSR count). The number of hydrogen-bond acceptors (Lipinski definition) is 4. The van der Waals surface area contributed by atoms with Crippen molar-refractivity contribution in [2.45, 2.75) is 32.2 Å². The highest BCUT2D eigenvalue weighted by Gasteiger charge is 2.15. The monoisotopic (exact) mass is 303 g/mol. The van der Waals surface area contributed by atoms with Crippen LogP contribution in [-0.4, -0.2) is 36.1 Å². The van der Waals surface area contributed by atoms with Crippen LogP contribution in [0.15, 0.2) is 24.3 Å². The van der Waals surface area contributed by atoms with E-state index in [9.17, 15) is 9.59 Å². The fourth-order valence-corrected chi connectivity index (χ4v) is 1.75. The molecule has 0 aliphatic carbocycles. The highest BCUT2D eigenvalue weighted by atomic mass is 16.3. The van der Waals surface area contributed by atoms with Crippen molar-refractivity contribution in [1.82, 2.24) is 10.6 Å². The lowest BCUT2D eigenvalue weighted by Crippen LogP contribution is -2.42. The Balaban J connectivity index is 2.56. The summed E-state index contributed by atoms with van der Waals surface area (Å²) in [6.07, 6.45) is 0. The van der Waals surface area contributed by atoms with Crippen molar-refractivity contribution in [2.75, 3.05) is 13.2 Å². The summed E-state index contributed by atoms with van der Waals surface area (Å²) >= 11 is 0. The van der Waals surface area contributed by atoms with Crippen molar-refractivity contribution in [3.05, 3.63) is 35.4 Å². The number of nitriles is 1. The molecule has 1 atom stereocenters. The molecular weight excluding hydrogens is 282 g/mol. The second-order valence-corrected chi connectivity index (χ2v) is 5.94. The summed E-state index contributed by atoms with van der Waals surface area (Å²) in [5, 5.41) is 22.2. The van der Waals surface area contributed by atoms with Crippen LogP contribution >= 0.6 is 0 Å². The molecule has 1 unspecified atom stereocenters. The number of nitrogens with one attached hydrogen (secondary N) is 2. The van der Waals surface area contributed by atoms with Crippen molar-refractivity contribution < 1.29 is 14.7 Å². The van der Waals surface area contributed by atoms with Crippen LogP contribution in [-0.2, 0) is 10.2 Å². The van der Waals surface area contributed by atoms with Crippen LogP contribution in [0.25, 0.3) is 0 Å². The van der Waals surface area contributed by atoms with Gasteiger partial charge in [-0.3, -0.25) is 9.59 Å². The Hall–Kier alpha value is -2.39. The Bertz CT molecular complexity index is 568. The first-order chi connectivity index (χ1) is 10.3. The largest absolute Gasteiger partial charge is 0.393 e. The van der Waals surface area contributed by atoms with E-state index in [0.717, 1.165) is 5.56 Å². The number of amides is 2. The summed E-state index contributed by atoms with van der Waals surface area (Å²) in [5.74, 6) is -0.895. The maximum Gasteiger partial charge on any atom is 0.251 e. The fourth-order valence-electron chi connectivity index (χ4n) is 1.75. The summed E-state index contributed by atoms with van der Waals surface area (Å²) in [6, 6.07) is 7.94. The lowest BCUT2D eigenvalue weighted by atomic mass is 9.87. The van der Waals surface area contributed by atoms with Crippen molar-refractivity contribution in [3.63, 3.8) is 0 Å². The number of carbonyl (C=O) groups is 2. The van der Waals surface area contributed by atoms with Gasteiger partial charge in [-0.2, -0.15) is 5.26 Å². The molecule has 6 heteroatoms. The summed E-state index contributed by atoms with van der Waals surface area (Å²) in [4.78, 5) is 23.4. The first-order valence-corrected chi connectivity index (χ1v) is 6.96. The third-order valence-electron chi connectivity index (χ3n) is 3.10. The predicted octanol–water partition coefficient (Wildman–Crippen LogP) is 0.715. The zero-order valence-corrected chi connectivity index (χ0v) is 13.0. The molecule has 22 heavy (non-hydrogen) atoms. The van der Waals surface area contributed by atoms with Gasteiger partial charge in [0, 0.05) is 5.56 Å². The molecule has 0 aromatic heterocycles. The van der Waals surface area contributed by atoms with Crippen molar-refractivity contribution in [2.24, 2.45) is 0 Å². The van der Waals surface area contributed by atoms with Crippen molar-refractivity contribution in [1.29, 1.82) is 5.26 Å². The predicted molar refractivity (Wildman–Crippen MR) is 82.1 cm³/mol. The number of hydrogen-bond donors (Lipinski definition) is 3. The van der Waals surface area contributed by atoms with E-state index in [1.54, 1.807) is 18.2 Å². The molecule has 2 amide bonds. The van der Waals surface area contributed by atoms with Crippen LogP contribution in [0, 0.1) is 11.3 Å². The number of aliphatic hydroxyl groups excluding tert-OH is 1. The summed E-state index contributed by atoms with van der Waals surface area (Å²) in [7, 11) is 0. The number of aliphatic hydroxyl groups is 1. The standard InChI is InChI=1S/C16H21N3O3/c1-16(2,3)12-6-4-11(5-7-12)15(22)18-9-14(21)19-13(8-17)10-20/h4-7,13,20H,9-10H2,1-3H3,(H,18,22)(H,19,21). The average Bonchev–Trinajstić information content (AvgIpc) is 2.49. The summed E-state index contributed by atoms with van der Waals surface area (Å²) in [5.41, 5.74) is 1.58. The lowest BCUT2D eigenvalue weighted by molar-refractivity contribution is -0.120. The lowest BCUT2D eigenvalue weighted by Gasteiger charge is -2.19. The molecule has 1 aromatic carbocycles. The average molecular weight is 303 g/mol. The molecule has 1 aromatic rings. The van der Waals surface area contributed by atoms with Gasteiger partial charge in [-0.25, -0.2) is 0 Å². The Kier molecular flexibility index (Phi) is 6.08. The Morgan fingerprint density at radius 3 is 2.32 bits per heavy atom. The first-order valence-electron chi connectivity index (χ1n) is 6.96. The minimum Gasteiger partial charge on any atom is -0.393 e. The number of nitrogens with zero attached hydrogens (tertiary/aromatic N) is 1. The van der Waals surface area contributed by atoms with E-state index in [1.807, 2.05) is 12.1 Å². The van der Waals surface area contributed by atoms with Crippen LogP contribution in [0.3, 0.4) is 0 Å².